The molecule has 6 heteroatoms. The number of hydrogen-bond acceptors (Lipinski definition) is 3. The first-order valence-corrected chi connectivity index (χ1v) is 7.17. The summed E-state index contributed by atoms with van der Waals surface area (Å²) in [5, 5.41) is 11.8. The molecule has 0 bridgehead atoms. The third-order valence-electron chi connectivity index (χ3n) is 3.80. The maximum atomic E-state index is 12.3. The number of carboxylic acid groups (broad SMARTS) is 1. The third kappa shape index (κ3) is 4.67. The van der Waals surface area contributed by atoms with Gasteiger partial charge >= 0.3 is 12.0 Å². The van der Waals surface area contributed by atoms with Crippen molar-refractivity contribution in [3.8, 4) is 0 Å². The van der Waals surface area contributed by atoms with E-state index in [9.17, 15) is 9.59 Å². The monoisotopic (exact) mass is 286 g/mol. The van der Waals surface area contributed by atoms with Crippen molar-refractivity contribution in [2.45, 2.75) is 45.7 Å². The van der Waals surface area contributed by atoms with E-state index in [2.05, 4.69) is 5.32 Å². The summed E-state index contributed by atoms with van der Waals surface area (Å²) in [7, 11) is 1.59. The van der Waals surface area contributed by atoms with Gasteiger partial charge in [0.1, 0.15) is 6.04 Å². The van der Waals surface area contributed by atoms with Crippen molar-refractivity contribution in [1.29, 1.82) is 0 Å². The van der Waals surface area contributed by atoms with Crippen LogP contribution in [0.25, 0.3) is 0 Å². The van der Waals surface area contributed by atoms with Gasteiger partial charge in [0.25, 0.3) is 0 Å². The van der Waals surface area contributed by atoms with Crippen molar-refractivity contribution in [3.05, 3.63) is 0 Å². The average molecular weight is 286 g/mol. The SMILES string of the molecule is COCCN(C(=O)N[C@@H](C(=O)O)C(C)C)C(C)C1CC1. The Labute approximate surface area is 120 Å². The van der Waals surface area contributed by atoms with Crippen LogP contribution in [-0.2, 0) is 9.53 Å². The summed E-state index contributed by atoms with van der Waals surface area (Å²) in [4.78, 5) is 25.2. The second-order valence-electron chi connectivity index (χ2n) is 5.77. The second kappa shape index (κ2) is 7.47. The van der Waals surface area contributed by atoms with Gasteiger partial charge in [-0.25, -0.2) is 9.59 Å². The number of carbonyl (C=O) groups excluding carboxylic acids is 1. The number of carboxylic acids is 1. The molecule has 2 N–H and O–H groups in total. The van der Waals surface area contributed by atoms with E-state index in [1.165, 1.54) is 0 Å². The Morgan fingerprint density at radius 2 is 1.95 bits per heavy atom. The van der Waals surface area contributed by atoms with Crippen LogP contribution in [0.3, 0.4) is 0 Å². The number of rotatable bonds is 8. The second-order valence-corrected chi connectivity index (χ2v) is 5.77. The minimum Gasteiger partial charge on any atom is -0.480 e. The summed E-state index contributed by atoms with van der Waals surface area (Å²) < 4.78 is 5.03. The van der Waals surface area contributed by atoms with Gasteiger partial charge < -0.3 is 20.1 Å². The molecule has 0 saturated heterocycles. The maximum absolute atomic E-state index is 12.3. The molecule has 1 rings (SSSR count). The van der Waals surface area contributed by atoms with Crippen LogP contribution in [-0.4, -0.2) is 54.4 Å². The summed E-state index contributed by atoms with van der Waals surface area (Å²) in [6, 6.07) is -1.06. The molecule has 0 spiro atoms. The molecule has 0 aromatic rings. The van der Waals surface area contributed by atoms with Gasteiger partial charge in [-0.1, -0.05) is 13.8 Å². The van der Waals surface area contributed by atoms with Crippen molar-refractivity contribution < 1.29 is 19.4 Å². The first-order chi connectivity index (χ1) is 9.38. The van der Waals surface area contributed by atoms with Crippen molar-refractivity contribution >= 4 is 12.0 Å². The van der Waals surface area contributed by atoms with Crippen LogP contribution >= 0.6 is 0 Å². The Morgan fingerprint density at radius 1 is 1.35 bits per heavy atom. The highest BCUT2D eigenvalue weighted by Crippen LogP contribution is 2.35. The summed E-state index contributed by atoms with van der Waals surface area (Å²) in [6.45, 7) is 6.50. The number of urea groups is 1. The molecular weight excluding hydrogens is 260 g/mol. The minimum absolute atomic E-state index is 0.117. The Balaban J connectivity index is 2.68. The van der Waals surface area contributed by atoms with Crippen LogP contribution in [0, 0.1) is 11.8 Å². The molecule has 0 radical (unpaired) electrons. The van der Waals surface area contributed by atoms with Crippen molar-refractivity contribution in [2.75, 3.05) is 20.3 Å². The highest BCUT2D eigenvalue weighted by molar-refractivity contribution is 5.83. The molecule has 20 heavy (non-hydrogen) atoms. The van der Waals surface area contributed by atoms with Crippen LogP contribution < -0.4 is 5.32 Å². The van der Waals surface area contributed by atoms with E-state index in [0.717, 1.165) is 12.8 Å². The van der Waals surface area contributed by atoms with Gasteiger partial charge in [0.15, 0.2) is 0 Å². The van der Waals surface area contributed by atoms with Gasteiger partial charge in [0, 0.05) is 19.7 Å². The number of methoxy groups -OCH3 is 1. The predicted octanol–water partition coefficient (Wildman–Crippen LogP) is 1.55. The van der Waals surface area contributed by atoms with Gasteiger partial charge in [-0.3, -0.25) is 0 Å². The summed E-state index contributed by atoms with van der Waals surface area (Å²) in [5.41, 5.74) is 0. The first-order valence-electron chi connectivity index (χ1n) is 7.17. The summed E-state index contributed by atoms with van der Waals surface area (Å²) in [6.07, 6.45) is 2.26. The molecule has 2 amide bonds. The van der Waals surface area contributed by atoms with Gasteiger partial charge in [-0.2, -0.15) is 0 Å². The molecule has 1 aliphatic rings. The zero-order valence-electron chi connectivity index (χ0n) is 12.8. The van der Waals surface area contributed by atoms with Crippen LogP contribution in [0.1, 0.15) is 33.6 Å². The zero-order valence-corrected chi connectivity index (χ0v) is 12.8. The molecule has 0 aliphatic heterocycles. The van der Waals surface area contributed by atoms with Crippen LogP contribution in [0.2, 0.25) is 0 Å². The molecule has 1 unspecified atom stereocenters. The standard InChI is InChI=1S/C14H26N2O4/c1-9(2)12(13(17)18)15-14(19)16(7-8-20-4)10(3)11-5-6-11/h9-12H,5-8H2,1-4H3,(H,15,19)(H,17,18)/t10?,12-/m1/s1. The van der Waals surface area contributed by atoms with Gasteiger partial charge in [0.2, 0.25) is 0 Å². The zero-order chi connectivity index (χ0) is 15.3. The Hall–Kier alpha value is -1.30. The van der Waals surface area contributed by atoms with Crippen LogP contribution in [0.15, 0.2) is 0 Å². The quantitative estimate of drug-likeness (QED) is 0.709. The molecule has 1 aliphatic carbocycles. The number of ether oxygens (including phenoxy) is 1. The fraction of sp³-hybridized carbons (Fsp3) is 0.857. The normalized spacial score (nSPS) is 17.6. The number of amides is 2. The molecular formula is C14H26N2O4. The van der Waals surface area contributed by atoms with Gasteiger partial charge in [-0.15, -0.1) is 0 Å². The predicted molar refractivity (Wildman–Crippen MR) is 75.6 cm³/mol. The van der Waals surface area contributed by atoms with Gasteiger partial charge in [-0.05, 0) is 31.6 Å². The van der Waals surface area contributed by atoms with E-state index in [-0.39, 0.29) is 18.0 Å². The summed E-state index contributed by atoms with van der Waals surface area (Å²) >= 11 is 0. The number of aliphatic carboxylic acids is 1. The average Bonchev–Trinajstić information content (AvgIpc) is 3.19. The molecule has 1 saturated carbocycles. The Bertz CT molecular complexity index is 342. The molecule has 1 fully saturated rings. The van der Waals surface area contributed by atoms with Gasteiger partial charge in [0.05, 0.1) is 6.61 Å². The Morgan fingerprint density at radius 3 is 2.35 bits per heavy atom. The smallest absolute Gasteiger partial charge is 0.326 e. The number of nitrogens with one attached hydrogen (secondary N) is 1. The third-order valence-corrected chi connectivity index (χ3v) is 3.80. The van der Waals surface area contributed by atoms with Crippen LogP contribution in [0.5, 0.6) is 0 Å². The first kappa shape index (κ1) is 16.8. The highest BCUT2D eigenvalue weighted by atomic mass is 16.5. The topological polar surface area (TPSA) is 78.9 Å². The minimum atomic E-state index is -1.00. The maximum Gasteiger partial charge on any atom is 0.326 e. The lowest BCUT2D eigenvalue weighted by atomic mass is 10.1. The largest absolute Gasteiger partial charge is 0.480 e. The molecule has 2 atom stereocenters. The van der Waals surface area contributed by atoms with Crippen molar-refractivity contribution in [2.24, 2.45) is 11.8 Å². The van der Waals surface area contributed by atoms with E-state index in [4.69, 9.17) is 9.84 Å². The lowest BCUT2D eigenvalue weighted by Gasteiger charge is -2.31. The molecule has 116 valence electrons. The lowest BCUT2D eigenvalue weighted by molar-refractivity contribution is -0.140. The number of hydrogen-bond donors (Lipinski definition) is 2. The van der Waals surface area contributed by atoms with E-state index in [0.29, 0.717) is 19.1 Å². The molecule has 0 aromatic heterocycles. The molecule has 0 heterocycles. The van der Waals surface area contributed by atoms with Crippen molar-refractivity contribution in [3.63, 3.8) is 0 Å². The number of carbonyl (C=O) groups is 2. The van der Waals surface area contributed by atoms with E-state index < -0.39 is 12.0 Å². The van der Waals surface area contributed by atoms with E-state index in [1.807, 2.05) is 6.92 Å². The van der Waals surface area contributed by atoms with E-state index >= 15 is 0 Å². The van der Waals surface area contributed by atoms with Crippen LogP contribution in [0.4, 0.5) is 4.79 Å². The van der Waals surface area contributed by atoms with E-state index in [1.54, 1.807) is 25.9 Å². The number of nitrogens with zero attached hydrogens (tertiary/aromatic N) is 1. The molecule has 0 aromatic carbocycles. The lowest BCUT2D eigenvalue weighted by Crippen LogP contribution is -2.53. The van der Waals surface area contributed by atoms with Crippen molar-refractivity contribution in [1.82, 2.24) is 10.2 Å². The molecule has 6 nitrogen and oxygen atoms in total. The summed E-state index contributed by atoms with van der Waals surface area (Å²) in [5.74, 6) is -0.629. The highest BCUT2D eigenvalue weighted by Gasteiger charge is 2.35. The fourth-order valence-corrected chi connectivity index (χ4v) is 2.24. The Kier molecular flexibility index (Phi) is 6.26. The fourth-order valence-electron chi connectivity index (χ4n) is 2.24.